The number of carbonyl (C=O) groups is 2. The van der Waals surface area contributed by atoms with Crippen molar-refractivity contribution in [3.05, 3.63) is 0 Å². The predicted molar refractivity (Wildman–Crippen MR) is 135 cm³/mol. The molecule has 0 N–H and O–H groups in total. The lowest BCUT2D eigenvalue weighted by atomic mass is 9.44. The molecule has 0 aliphatic heterocycles. The van der Waals surface area contributed by atoms with Crippen LogP contribution in [0.2, 0.25) is 0 Å². The van der Waals surface area contributed by atoms with E-state index in [1.54, 1.807) is 6.92 Å². The van der Waals surface area contributed by atoms with Crippen LogP contribution in [0.25, 0.3) is 0 Å². The smallest absolute Gasteiger partial charge is 0.306 e. The summed E-state index contributed by atoms with van der Waals surface area (Å²) in [4.78, 5) is 23.9. The molecule has 34 heavy (non-hydrogen) atoms. The van der Waals surface area contributed by atoms with Crippen molar-refractivity contribution in [1.82, 2.24) is 0 Å². The molecule has 0 saturated heterocycles. The number of ether oxygens (including phenoxy) is 2. The van der Waals surface area contributed by atoms with Crippen molar-refractivity contribution in [2.24, 2.45) is 46.3 Å². The van der Waals surface area contributed by atoms with Gasteiger partial charge in [0.1, 0.15) is 11.7 Å². The van der Waals surface area contributed by atoms with Gasteiger partial charge in [0, 0.05) is 13.3 Å². The lowest BCUT2D eigenvalue weighted by Crippen LogP contribution is -2.54. The Labute approximate surface area is 208 Å². The minimum Gasteiger partial charge on any atom is -0.463 e. The SMILES string of the molecule is CC(=O)OC1CC[C@@]2(C)C(CCC3C4CCC(C(C)CCC(=O)OC(C)(C)C)[C@@]4(C)CCC32)C1. The first-order valence-electron chi connectivity index (χ1n) is 14.2. The largest absolute Gasteiger partial charge is 0.463 e. The quantitative estimate of drug-likeness (QED) is 0.391. The summed E-state index contributed by atoms with van der Waals surface area (Å²) in [5.74, 6) is 4.38. The maximum absolute atomic E-state index is 12.3. The van der Waals surface area contributed by atoms with Crippen LogP contribution in [0.15, 0.2) is 0 Å². The summed E-state index contributed by atoms with van der Waals surface area (Å²) < 4.78 is 11.2. The Kier molecular flexibility index (Phi) is 7.22. The van der Waals surface area contributed by atoms with Crippen LogP contribution in [0.1, 0.15) is 119 Å². The first kappa shape index (κ1) is 26.0. The fourth-order valence-corrected chi connectivity index (χ4v) is 9.47. The topological polar surface area (TPSA) is 52.6 Å². The number of rotatable bonds is 5. The van der Waals surface area contributed by atoms with Gasteiger partial charge in [-0.05, 0) is 131 Å². The van der Waals surface area contributed by atoms with E-state index in [4.69, 9.17) is 9.47 Å². The Bertz CT molecular complexity index is 768. The molecule has 4 nitrogen and oxygen atoms in total. The number of esters is 2. The highest BCUT2D eigenvalue weighted by molar-refractivity contribution is 5.69. The summed E-state index contributed by atoms with van der Waals surface area (Å²) in [6.45, 7) is 15.0. The van der Waals surface area contributed by atoms with Crippen molar-refractivity contribution in [1.29, 1.82) is 0 Å². The number of fused-ring (bicyclic) bond motifs is 5. The molecule has 194 valence electrons. The highest BCUT2D eigenvalue weighted by Gasteiger charge is 2.60. The van der Waals surface area contributed by atoms with E-state index in [9.17, 15) is 9.59 Å². The van der Waals surface area contributed by atoms with Crippen molar-refractivity contribution in [3.63, 3.8) is 0 Å². The first-order valence-corrected chi connectivity index (χ1v) is 14.2. The second-order valence-electron chi connectivity index (χ2n) is 14.0. The van der Waals surface area contributed by atoms with Gasteiger partial charge in [-0.15, -0.1) is 0 Å². The van der Waals surface area contributed by atoms with Gasteiger partial charge in [0.2, 0.25) is 0 Å². The Hall–Kier alpha value is -1.06. The molecular weight excluding hydrogens is 424 g/mol. The standard InChI is InChI=1S/C30H50O4/c1-19(8-13-27(32)34-28(3,4)5)24-11-12-25-23-10-9-21-18-22(33-20(2)31)14-16-29(21,6)26(23)15-17-30(24,25)7/h19,21-26H,8-18H2,1-7H3/t19?,21?,22?,23?,24?,25?,26?,29-,30+/m0/s1. The molecule has 4 saturated carbocycles. The Morgan fingerprint density at radius 3 is 2.29 bits per heavy atom. The summed E-state index contributed by atoms with van der Waals surface area (Å²) in [6, 6.07) is 0. The Morgan fingerprint density at radius 1 is 0.941 bits per heavy atom. The van der Waals surface area contributed by atoms with E-state index in [1.807, 2.05) is 20.8 Å². The fraction of sp³-hybridized carbons (Fsp3) is 0.933. The van der Waals surface area contributed by atoms with E-state index in [0.717, 1.165) is 42.9 Å². The molecule has 4 rings (SSSR count). The van der Waals surface area contributed by atoms with Gasteiger partial charge in [-0.1, -0.05) is 20.8 Å². The van der Waals surface area contributed by atoms with E-state index in [0.29, 0.717) is 29.1 Å². The molecule has 0 aromatic carbocycles. The minimum absolute atomic E-state index is 0.0432. The van der Waals surface area contributed by atoms with E-state index in [1.165, 1.54) is 44.9 Å². The molecule has 9 atom stereocenters. The van der Waals surface area contributed by atoms with Gasteiger partial charge in [0.25, 0.3) is 0 Å². The van der Waals surface area contributed by atoms with Crippen LogP contribution in [-0.4, -0.2) is 23.6 Å². The van der Waals surface area contributed by atoms with Crippen LogP contribution < -0.4 is 0 Å². The van der Waals surface area contributed by atoms with E-state index < -0.39 is 5.60 Å². The molecule has 7 unspecified atom stereocenters. The molecule has 0 bridgehead atoms. The average Bonchev–Trinajstić information content (AvgIpc) is 3.08. The maximum atomic E-state index is 12.3. The van der Waals surface area contributed by atoms with Crippen molar-refractivity contribution >= 4 is 11.9 Å². The minimum atomic E-state index is -0.393. The number of carbonyl (C=O) groups excluding carboxylic acids is 2. The van der Waals surface area contributed by atoms with Crippen molar-refractivity contribution in [3.8, 4) is 0 Å². The molecule has 0 aromatic rings. The first-order chi connectivity index (χ1) is 15.8. The fourth-order valence-electron chi connectivity index (χ4n) is 9.47. The van der Waals surface area contributed by atoms with Crippen LogP contribution in [0.4, 0.5) is 0 Å². The van der Waals surface area contributed by atoms with Gasteiger partial charge < -0.3 is 9.47 Å². The lowest BCUT2D eigenvalue weighted by Gasteiger charge is -2.61. The molecule has 4 aliphatic rings. The maximum Gasteiger partial charge on any atom is 0.306 e. The zero-order valence-corrected chi connectivity index (χ0v) is 23.0. The summed E-state index contributed by atoms with van der Waals surface area (Å²) in [7, 11) is 0. The van der Waals surface area contributed by atoms with Crippen molar-refractivity contribution in [2.45, 2.75) is 131 Å². The van der Waals surface area contributed by atoms with Crippen LogP contribution in [0.3, 0.4) is 0 Å². The Balaban J connectivity index is 1.40. The van der Waals surface area contributed by atoms with Crippen LogP contribution >= 0.6 is 0 Å². The molecule has 0 radical (unpaired) electrons. The Morgan fingerprint density at radius 2 is 1.62 bits per heavy atom. The highest BCUT2D eigenvalue weighted by Crippen LogP contribution is 2.68. The van der Waals surface area contributed by atoms with Gasteiger partial charge in [0.05, 0.1) is 0 Å². The normalized spacial score (nSPS) is 42.7. The molecule has 4 aliphatic carbocycles. The monoisotopic (exact) mass is 474 g/mol. The molecular formula is C30H50O4. The van der Waals surface area contributed by atoms with Crippen molar-refractivity contribution < 1.29 is 19.1 Å². The lowest BCUT2D eigenvalue weighted by molar-refractivity contribution is -0.160. The van der Waals surface area contributed by atoms with Gasteiger partial charge >= 0.3 is 11.9 Å². The second-order valence-corrected chi connectivity index (χ2v) is 14.0. The summed E-state index contributed by atoms with van der Waals surface area (Å²) in [5.41, 5.74) is 0.448. The van der Waals surface area contributed by atoms with Crippen LogP contribution in [0.5, 0.6) is 0 Å². The zero-order valence-electron chi connectivity index (χ0n) is 23.0. The van der Waals surface area contributed by atoms with Gasteiger partial charge in [0.15, 0.2) is 0 Å². The number of hydrogen-bond acceptors (Lipinski definition) is 4. The van der Waals surface area contributed by atoms with Crippen molar-refractivity contribution in [2.75, 3.05) is 0 Å². The third kappa shape index (κ3) is 4.94. The van der Waals surface area contributed by atoms with Crippen LogP contribution in [0, 0.1) is 46.3 Å². The zero-order chi connectivity index (χ0) is 24.9. The van der Waals surface area contributed by atoms with E-state index in [2.05, 4.69) is 20.8 Å². The third-order valence-electron chi connectivity index (χ3n) is 10.9. The molecule has 0 spiro atoms. The average molecular weight is 475 g/mol. The van der Waals surface area contributed by atoms with Crippen LogP contribution in [-0.2, 0) is 19.1 Å². The number of hydrogen-bond donors (Lipinski definition) is 0. The molecule has 4 heteroatoms. The third-order valence-corrected chi connectivity index (χ3v) is 10.9. The molecule has 0 heterocycles. The summed E-state index contributed by atoms with van der Waals surface area (Å²) >= 11 is 0. The van der Waals surface area contributed by atoms with E-state index in [-0.39, 0.29) is 18.0 Å². The molecule has 4 fully saturated rings. The van der Waals surface area contributed by atoms with Gasteiger partial charge in [-0.25, -0.2) is 0 Å². The van der Waals surface area contributed by atoms with Gasteiger partial charge in [-0.2, -0.15) is 0 Å². The predicted octanol–water partition coefficient (Wildman–Crippen LogP) is 7.34. The van der Waals surface area contributed by atoms with E-state index >= 15 is 0 Å². The molecule has 0 amide bonds. The van der Waals surface area contributed by atoms with Gasteiger partial charge in [-0.3, -0.25) is 9.59 Å². The second kappa shape index (κ2) is 9.43. The highest BCUT2D eigenvalue weighted by atomic mass is 16.6. The molecule has 0 aromatic heterocycles. The summed E-state index contributed by atoms with van der Waals surface area (Å²) in [6.07, 6.45) is 13.0. The summed E-state index contributed by atoms with van der Waals surface area (Å²) in [5, 5.41) is 0.